The van der Waals surface area contributed by atoms with Crippen molar-refractivity contribution in [3.05, 3.63) is 73.8 Å². The average Bonchev–Trinajstić information content (AvgIpc) is 3.05. The quantitative estimate of drug-likeness (QED) is 0.628. The monoisotopic (exact) mass is 409 g/mol. The van der Waals surface area contributed by atoms with Crippen LogP contribution in [0.1, 0.15) is 19.4 Å². The van der Waals surface area contributed by atoms with E-state index in [1.54, 1.807) is 4.57 Å². The summed E-state index contributed by atoms with van der Waals surface area (Å²) in [5, 5.41) is 0. The SMILES string of the molecule is CCOc1ccc(/C=c2/sc3n(c2=O)CN(c2ccc(OCC)cc2)CN=3)cc1. The second-order valence-electron chi connectivity index (χ2n) is 6.54. The van der Waals surface area contributed by atoms with Crippen LogP contribution in [-0.4, -0.2) is 24.4 Å². The third-order valence-electron chi connectivity index (χ3n) is 4.58. The van der Waals surface area contributed by atoms with Crippen LogP contribution in [0.15, 0.2) is 58.3 Å². The predicted molar refractivity (Wildman–Crippen MR) is 115 cm³/mol. The number of fused-ring (bicyclic) bond motifs is 1. The molecule has 0 unspecified atom stereocenters. The lowest BCUT2D eigenvalue weighted by Gasteiger charge is -2.25. The van der Waals surface area contributed by atoms with Gasteiger partial charge in [-0.1, -0.05) is 23.5 Å². The topological polar surface area (TPSA) is 56.1 Å². The Balaban J connectivity index is 1.58. The molecule has 6 nitrogen and oxygen atoms in total. The lowest BCUT2D eigenvalue weighted by molar-refractivity contribution is 0.340. The standard InChI is InChI=1S/C22H23N3O3S/c1-3-27-18-9-5-16(6-10-18)13-20-21(26)25-15-24(14-23-22(25)29-20)17-7-11-19(12-8-17)28-4-2/h5-13H,3-4,14-15H2,1-2H3/b20-13+. The predicted octanol–water partition coefficient (Wildman–Crippen LogP) is 2.59. The first-order valence-corrected chi connectivity index (χ1v) is 10.5. The number of benzene rings is 2. The molecule has 0 saturated heterocycles. The maximum atomic E-state index is 12.9. The highest BCUT2D eigenvalue weighted by atomic mass is 32.1. The Labute approximate surface area is 173 Å². The molecule has 1 aliphatic rings. The molecule has 4 rings (SSSR count). The van der Waals surface area contributed by atoms with Crippen LogP contribution in [0.3, 0.4) is 0 Å². The Kier molecular flexibility index (Phi) is 5.67. The molecule has 0 spiro atoms. The van der Waals surface area contributed by atoms with Gasteiger partial charge in [0.25, 0.3) is 5.56 Å². The van der Waals surface area contributed by atoms with Gasteiger partial charge in [-0.15, -0.1) is 0 Å². The van der Waals surface area contributed by atoms with Crippen LogP contribution in [0.25, 0.3) is 6.08 Å². The van der Waals surface area contributed by atoms with Crippen molar-refractivity contribution in [2.75, 3.05) is 24.8 Å². The molecule has 0 aliphatic carbocycles. The molecule has 3 aromatic rings. The van der Waals surface area contributed by atoms with E-state index in [4.69, 9.17) is 9.47 Å². The summed E-state index contributed by atoms with van der Waals surface area (Å²) in [6.45, 7) is 6.20. The Morgan fingerprint density at radius 2 is 1.62 bits per heavy atom. The van der Waals surface area contributed by atoms with Crippen molar-refractivity contribution < 1.29 is 9.47 Å². The molecular weight excluding hydrogens is 386 g/mol. The van der Waals surface area contributed by atoms with Gasteiger partial charge in [0.2, 0.25) is 0 Å². The number of rotatable bonds is 6. The fourth-order valence-electron chi connectivity index (χ4n) is 3.17. The molecule has 0 fully saturated rings. The summed E-state index contributed by atoms with van der Waals surface area (Å²) in [7, 11) is 0. The second kappa shape index (κ2) is 8.53. The van der Waals surface area contributed by atoms with Crippen LogP contribution >= 0.6 is 11.3 Å². The smallest absolute Gasteiger partial charge is 0.271 e. The van der Waals surface area contributed by atoms with Crippen molar-refractivity contribution >= 4 is 23.1 Å². The van der Waals surface area contributed by atoms with E-state index >= 15 is 0 Å². The van der Waals surface area contributed by atoms with Gasteiger partial charge in [0, 0.05) is 5.69 Å². The Morgan fingerprint density at radius 1 is 1.00 bits per heavy atom. The highest BCUT2D eigenvalue weighted by Crippen LogP contribution is 2.20. The first-order valence-electron chi connectivity index (χ1n) is 9.64. The van der Waals surface area contributed by atoms with E-state index in [1.165, 1.54) is 11.3 Å². The molecule has 0 atom stereocenters. The number of hydrogen-bond donors (Lipinski definition) is 0. The molecule has 0 amide bonds. The number of hydrogen-bond acceptors (Lipinski definition) is 6. The molecule has 1 aromatic heterocycles. The van der Waals surface area contributed by atoms with Gasteiger partial charge in [-0.05, 0) is 61.9 Å². The van der Waals surface area contributed by atoms with Crippen molar-refractivity contribution in [3.8, 4) is 11.5 Å². The number of nitrogens with zero attached hydrogens (tertiary/aromatic N) is 3. The van der Waals surface area contributed by atoms with E-state index in [9.17, 15) is 4.79 Å². The van der Waals surface area contributed by atoms with Crippen molar-refractivity contribution in [1.29, 1.82) is 0 Å². The summed E-state index contributed by atoms with van der Waals surface area (Å²) < 4.78 is 13.4. The van der Waals surface area contributed by atoms with Crippen LogP contribution in [-0.2, 0) is 6.67 Å². The third-order valence-corrected chi connectivity index (χ3v) is 5.62. The maximum Gasteiger partial charge on any atom is 0.271 e. The largest absolute Gasteiger partial charge is 0.494 e. The Bertz CT molecular complexity index is 1150. The van der Waals surface area contributed by atoms with E-state index < -0.39 is 0 Å². The van der Waals surface area contributed by atoms with Gasteiger partial charge in [-0.25, -0.2) is 4.99 Å². The number of ether oxygens (including phenoxy) is 2. The summed E-state index contributed by atoms with van der Waals surface area (Å²) in [4.78, 5) is 20.3. The van der Waals surface area contributed by atoms with E-state index in [2.05, 4.69) is 9.89 Å². The molecule has 0 bridgehead atoms. The van der Waals surface area contributed by atoms with Crippen LogP contribution < -0.4 is 29.3 Å². The minimum absolute atomic E-state index is 0.0155. The molecule has 7 heteroatoms. The molecule has 150 valence electrons. The number of thiazole rings is 1. The first-order chi connectivity index (χ1) is 14.2. The molecule has 2 heterocycles. The lowest BCUT2D eigenvalue weighted by atomic mass is 10.2. The van der Waals surface area contributed by atoms with Gasteiger partial charge in [0.05, 0.1) is 17.7 Å². The molecule has 2 aromatic carbocycles. The van der Waals surface area contributed by atoms with Gasteiger partial charge in [0.15, 0.2) is 4.80 Å². The minimum atomic E-state index is -0.0155. The highest BCUT2D eigenvalue weighted by Gasteiger charge is 2.16. The Morgan fingerprint density at radius 3 is 2.24 bits per heavy atom. The van der Waals surface area contributed by atoms with Crippen molar-refractivity contribution in [1.82, 2.24) is 4.57 Å². The summed E-state index contributed by atoms with van der Waals surface area (Å²) in [6, 6.07) is 15.6. The summed E-state index contributed by atoms with van der Waals surface area (Å²) in [5.41, 5.74) is 1.96. The number of anilines is 1. The van der Waals surface area contributed by atoms with E-state index in [0.29, 0.717) is 31.1 Å². The maximum absolute atomic E-state index is 12.9. The summed E-state index contributed by atoms with van der Waals surface area (Å²) in [5.74, 6) is 1.67. The number of aromatic nitrogens is 1. The Hall–Kier alpha value is -3.06. The lowest BCUT2D eigenvalue weighted by Crippen LogP contribution is -2.42. The van der Waals surface area contributed by atoms with Gasteiger partial charge >= 0.3 is 0 Å². The average molecular weight is 410 g/mol. The van der Waals surface area contributed by atoms with E-state index in [-0.39, 0.29) is 5.56 Å². The molecule has 29 heavy (non-hydrogen) atoms. The van der Waals surface area contributed by atoms with Crippen molar-refractivity contribution in [2.24, 2.45) is 4.99 Å². The fourth-order valence-corrected chi connectivity index (χ4v) is 4.14. The van der Waals surface area contributed by atoms with Crippen LogP contribution in [0, 0.1) is 0 Å². The molecule has 0 N–H and O–H groups in total. The molecule has 0 radical (unpaired) electrons. The van der Waals surface area contributed by atoms with Crippen LogP contribution in [0.5, 0.6) is 11.5 Å². The first kappa shape index (κ1) is 19.3. The molecule has 1 aliphatic heterocycles. The van der Waals surface area contributed by atoms with Crippen LogP contribution in [0.4, 0.5) is 5.69 Å². The summed E-state index contributed by atoms with van der Waals surface area (Å²) >= 11 is 1.43. The normalized spacial score (nSPS) is 13.7. The highest BCUT2D eigenvalue weighted by molar-refractivity contribution is 7.07. The third kappa shape index (κ3) is 4.19. The van der Waals surface area contributed by atoms with Crippen LogP contribution in [0.2, 0.25) is 0 Å². The van der Waals surface area contributed by atoms with Gasteiger partial charge in [-0.2, -0.15) is 0 Å². The van der Waals surface area contributed by atoms with Gasteiger partial charge in [0.1, 0.15) is 24.8 Å². The zero-order valence-corrected chi connectivity index (χ0v) is 17.3. The molecule has 0 saturated carbocycles. The zero-order chi connectivity index (χ0) is 20.2. The van der Waals surface area contributed by atoms with E-state index in [0.717, 1.165) is 27.6 Å². The van der Waals surface area contributed by atoms with Crippen molar-refractivity contribution in [2.45, 2.75) is 20.5 Å². The zero-order valence-electron chi connectivity index (χ0n) is 16.5. The van der Waals surface area contributed by atoms with Gasteiger partial charge < -0.3 is 14.4 Å². The minimum Gasteiger partial charge on any atom is -0.494 e. The van der Waals surface area contributed by atoms with E-state index in [1.807, 2.05) is 68.5 Å². The molecular formula is C22H23N3O3S. The fraction of sp³-hybridized carbons (Fsp3) is 0.273. The summed E-state index contributed by atoms with van der Waals surface area (Å²) in [6.07, 6.45) is 1.91. The van der Waals surface area contributed by atoms with Gasteiger partial charge in [-0.3, -0.25) is 9.36 Å². The van der Waals surface area contributed by atoms with Crippen molar-refractivity contribution in [3.63, 3.8) is 0 Å². The second-order valence-corrected chi connectivity index (χ2v) is 7.55.